The lowest BCUT2D eigenvalue weighted by Crippen LogP contribution is -2.55. The fraction of sp³-hybridized carbons (Fsp3) is 0.608. The molecule has 3 aliphatic rings. The lowest BCUT2D eigenvalue weighted by molar-refractivity contribution is -0.145. The molecule has 0 saturated carbocycles. The molecule has 5 rings (SSSR count). The number of nitrogens with two attached hydrogens (primary N) is 1. The highest BCUT2D eigenvalue weighted by atomic mass is 32.2. The summed E-state index contributed by atoms with van der Waals surface area (Å²) < 4.78 is 27.0. The van der Waals surface area contributed by atoms with Crippen LogP contribution < -0.4 is 32.3 Å². The maximum Gasteiger partial charge on any atom is 0.243 e. The molecular formula is C51H71N9O15S2. The van der Waals surface area contributed by atoms with E-state index in [4.69, 9.17) is 5.73 Å². The van der Waals surface area contributed by atoms with Gasteiger partial charge in [-0.2, -0.15) is 11.8 Å². The summed E-state index contributed by atoms with van der Waals surface area (Å²) in [5.41, 5.74) is 6.30. The summed E-state index contributed by atoms with van der Waals surface area (Å²) in [6.45, 7) is 4.47. The number of imide groups is 1. The fourth-order valence-electron chi connectivity index (χ4n) is 9.77. The first-order valence-electron chi connectivity index (χ1n) is 25.7. The van der Waals surface area contributed by atoms with Gasteiger partial charge < -0.3 is 47.3 Å². The highest BCUT2D eigenvalue weighted by Crippen LogP contribution is 2.32. The minimum Gasteiger partial charge on any atom is -0.391 e. The van der Waals surface area contributed by atoms with Crippen molar-refractivity contribution in [1.82, 2.24) is 41.4 Å². The van der Waals surface area contributed by atoms with E-state index in [-0.39, 0.29) is 66.8 Å². The number of fused-ring (bicyclic) bond motifs is 2. The van der Waals surface area contributed by atoms with Gasteiger partial charge in [0.1, 0.15) is 22.9 Å². The summed E-state index contributed by atoms with van der Waals surface area (Å²) in [6, 6.07) is 0.757. The normalized spacial score (nSPS) is 25.1. The van der Waals surface area contributed by atoms with Gasteiger partial charge >= 0.3 is 0 Å². The average molecular weight is 1110 g/mol. The Morgan fingerprint density at radius 2 is 1.48 bits per heavy atom. The number of aromatic nitrogens is 1. The van der Waals surface area contributed by atoms with Crippen LogP contribution >= 0.6 is 11.8 Å². The van der Waals surface area contributed by atoms with Gasteiger partial charge in [-0.25, -0.2) is 8.42 Å². The van der Waals surface area contributed by atoms with Crippen LogP contribution in [0.5, 0.6) is 0 Å². The lowest BCUT2D eigenvalue weighted by Gasteiger charge is -2.30. The maximum atomic E-state index is 14.7. The number of aliphatic hydroxyl groups excluding tert-OH is 1. The number of carbonyl (C=O) groups is 12. The highest BCUT2D eigenvalue weighted by Gasteiger charge is 2.44. The summed E-state index contributed by atoms with van der Waals surface area (Å²) in [5.74, 6) is -12.3. The second-order valence-corrected chi connectivity index (χ2v) is 23.3. The summed E-state index contributed by atoms with van der Waals surface area (Å²) in [4.78, 5) is 166. The Kier molecular flexibility index (Phi) is 21.6. The molecule has 3 fully saturated rings. The zero-order chi connectivity index (χ0) is 57.1. The first-order chi connectivity index (χ1) is 36.3. The number of likely N-dealkylation sites (tertiary alicyclic amines) is 1. The number of primary amides is 1. The van der Waals surface area contributed by atoms with Crippen molar-refractivity contribution < 1.29 is 71.1 Å². The van der Waals surface area contributed by atoms with E-state index in [0.29, 0.717) is 29.3 Å². The first kappa shape index (κ1) is 61.3. The fourth-order valence-corrected chi connectivity index (χ4v) is 11.3. The molecule has 26 heteroatoms. The van der Waals surface area contributed by atoms with E-state index in [1.54, 1.807) is 52.1 Å². The van der Waals surface area contributed by atoms with Crippen LogP contribution in [0.1, 0.15) is 96.6 Å². The summed E-state index contributed by atoms with van der Waals surface area (Å²) in [5, 5.41) is 22.8. The largest absolute Gasteiger partial charge is 0.391 e. The number of ketones is 3. The second-order valence-electron chi connectivity index (χ2n) is 20.3. The molecule has 422 valence electrons. The highest BCUT2D eigenvalue weighted by molar-refractivity contribution is 8.00. The Bertz CT molecular complexity index is 2760. The number of aromatic amines is 1. The van der Waals surface area contributed by atoms with Crippen molar-refractivity contribution in [2.75, 3.05) is 45.2 Å². The van der Waals surface area contributed by atoms with Gasteiger partial charge in [0.25, 0.3) is 0 Å². The third-order valence-corrected chi connectivity index (χ3v) is 16.5. The number of rotatable bonds is 16. The number of aliphatic hydroxyl groups is 1. The summed E-state index contributed by atoms with van der Waals surface area (Å²) in [7, 11) is -4.11. The molecule has 2 unspecified atom stereocenters. The average Bonchev–Trinajstić information content (AvgIpc) is 4.05. The monoisotopic (exact) mass is 1110 g/mol. The van der Waals surface area contributed by atoms with E-state index in [2.05, 4.69) is 31.6 Å². The Morgan fingerprint density at radius 3 is 2.12 bits per heavy atom. The maximum absolute atomic E-state index is 14.7. The van der Waals surface area contributed by atoms with E-state index in [0.717, 1.165) is 16.1 Å². The van der Waals surface area contributed by atoms with Gasteiger partial charge in [0.05, 0.1) is 42.9 Å². The number of nitrogens with one attached hydrogen (secondary N) is 6. The smallest absolute Gasteiger partial charge is 0.243 e. The molecule has 3 saturated heterocycles. The molecule has 9 amide bonds. The quantitative estimate of drug-likeness (QED) is 0.0926. The molecule has 3 aliphatic heterocycles. The van der Waals surface area contributed by atoms with Crippen molar-refractivity contribution >= 4 is 103 Å². The van der Waals surface area contributed by atoms with E-state index >= 15 is 0 Å². The van der Waals surface area contributed by atoms with Gasteiger partial charge in [0.15, 0.2) is 21.4 Å². The first-order valence-corrected chi connectivity index (χ1v) is 28.9. The number of nitrogens with zero attached hydrogens (tertiary/aromatic N) is 2. The topological polar surface area (TPSA) is 368 Å². The predicted octanol–water partition coefficient (Wildman–Crippen LogP) is -1.09. The standard InChI is InChI=1S/C51H71N9O15S2/c1-7-26(3)44-38(64)18-29(17-35-34-15-28(11-12-36(34)56-49(35)77(6,74)75)14-31(61)10-9-13-59-43(68)21-39(76-5)51(59)73)46(69)54-24-42(67)57-45(27(4)8-2)48(71)55-23-41(66)53-22-32(62)16-30(19-40(52)65)50(72)60-25-33(63)20-37(60)47(70)58-44/h11-12,15,26-27,29-30,33,37,39,44-45,56,63H,7-10,13-14,16-25H2,1-6H3,(H2,52,65)(H,53,66)(H,54,69)(H,55,71)(H,57,67)(H,58,70)/t26?,27-,29+,30-,33+,37-,39?,44-,45-/m0/s1. The Balaban J connectivity index is 1.52. The third kappa shape index (κ3) is 16.3. The second kappa shape index (κ2) is 27.2. The van der Waals surface area contributed by atoms with Gasteiger partial charge in [-0.05, 0) is 54.2 Å². The van der Waals surface area contributed by atoms with Gasteiger partial charge in [-0.1, -0.05) is 46.6 Å². The van der Waals surface area contributed by atoms with E-state index in [1.165, 1.54) is 11.8 Å². The molecule has 2 aromatic rings. The molecule has 4 heterocycles. The molecular weight excluding hydrogens is 1040 g/mol. The van der Waals surface area contributed by atoms with Crippen LogP contribution in [0.3, 0.4) is 0 Å². The van der Waals surface area contributed by atoms with Crippen molar-refractivity contribution in [1.29, 1.82) is 0 Å². The molecule has 1 aromatic heterocycles. The predicted molar refractivity (Wildman–Crippen MR) is 280 cm³/mol. The van der Waals surface area contributed by atoms with Gasteiger partial charge in [0.2, 0.25) is 53.2 Å². The molecule has 77 heavy (non-hydrogen) atoms. The van der Waals surface area contributed by atoms with Crippen molar-refractivity contribution in [3.63, 3.8) is 0 Å². The molecule has 0 radical (unpaired) electrons. The van der Waals surface area contributed by atoms with Crippen molar-refractivity contribution in [3.05, 3.63) is 29.3 Å². The number of Topliss-reactive ketones (excluding diaryl/α,β-unsaturated/α-hetero) is 3. The molecule has 0 aliphatic carbocycles. The van der Waals surface area contributed by atoms with Crippen LogP contribution in [0.15, 0.2) is 23.2 Å². The van der Waals surface area contributed by atoms with Gasteiger partial charge in [-0.3, -0.25) is 62.4 Å². The Morgan fingerprint density at radius 1 is 0.818 bits per heavy atom. The van der Waals surface area contributed by atoms with E-state index < -0.39 is 168 Å². The van der Waals surface area contributed by atoms with Crippen molar-refractivity contribution in [2.24, 2.45) is 29.4 Å². The zero-order valence-corrected chi connectivity index (χ0v) is 45.8. The number of benzene rings is 1. The van der Waals surface area contributed by atoms with Crippen molar-refractivity contribution in [3.8, 4) is 0 Å². The van der Waals surface area contributed by atoms with Crippen LogP contribution in [-0.2, 0) is 80.2 Å². The van der Waals surface area contributed by atoms with Crippen LogP contribution in [-0.4, -0.2) is 174 Å². The molecule has 1 aromatic carbocycles. The number of H-pyrrole nitrogens is 1. The van der Waals surface area contributed by atoms with Crippen LogP contribution in [0, 0.1) is 23.7 Å². The molecule has 9 atom stereocenters. The number of thioether (sulfide) groups is 1. The molecule has 0 bridgehead atoms. The number of hydrogen-bond donors (Lipinski definition) is 8. The zero-order valence-electron chi connectivity index (χ0n) is 44.2. The number of sulfone groups is 1. The molecule has 9 N–H and O–H groups in total. The Labute approximate surface area is 450 Å². The van der Waals surface area contributed by atoms with Crippen LogP contribution in [0.4, 0.5) is 0 Å². The van der Waals surface area contributed by atoms with E-state index in [1.807, 2.05) is 0 Å². The summed E-state index contributed by atoms with van der Waals surface area (Å²) >= 11 is 1.28. The van der Waals surface area contributed by atoms with Crippen LogP contribution in [0.2, 0.25) is 0 Å². The van der Waals surface area contributed by atoms with Crippen LogP contribution in [0.25, 0.3) is 10.9 Å². The number of hydrogen-bond acceptors (Lipinski definition) is 16. The minimum atomic E-state index is -4.11. The molecule has 0 spiro atoms. The lowest BCUT2D eigenvalue weighted by atomic mass is 9.86. The van der Waals surface area contributed by atoms with Gasteiger partial charge in [0, 0.05) is 81.1 Å². The number of carbonyl (C=O) groups excluding carboxylic acids is 12. The number of amides is 9. The minimum absolute atomic E-state index is 0.0197. The molecule has 24 nitrogen and oxygen atoms in total. The SMILES string of the molecule is CCC(C)[C@@H]1NC(=O)[C@@H]2C[C@@H](O)CN2C(=O)[C@H](CC(N)=O)CC(=O)CNC(=O)CNC(=O)[C@H]([C@@H](C)CC)NC(=O)CNC(=O)[C@H](Cc2c(S(C)(=O)=O)[nH]c3ccc(CC(=O)CCCN4C(=O)CC(SC)C4=O)cc23)CC1=O. The van der Waals surface area contributed by atoms with Gasteiger partial charge in [-0.15, -0.1) is 0 Å². The third-order valence-electron chi connectivity index (χ3n) is 14.4. The van der Waals surface area contributed by atoms with E-state index in [9.17, 15) is 71.1 Å². The van der Waals surface area contributed by atoms with Crippen molar-refractivity contribution in [2.45, 2.75) is 133 Å². The Hall–Kier alpha value is -6.54. The summed E-state index contributed by atoms with van der Waals surface area (Å²) in [6.07, 6.45) is -0.356.